The highest BCUT2D eigenvalue weighted by Gasteiger charge is 2.25. The first kappa shape index (κ1) is 19.9. The van der Waals surface area contributed by atoms with Gasteiger partial charge in [0.25, 0.3) is 5.91 Å². The summed E-state index contributed by atoms with van der Waals surface area (Å²) >= 11 is 1.63. The Hall–Kier alpha value is -1.90. The van der Waals surface area contributed by atoms with Crippen LogP contribution in [0.1, 0.15) is 39.5 Å². The van der Waals surface area contributed by atoms with Crippen molar-refractivity contribution in [1.82, 2.24) is 10.0 Å². The minimum Gasteiger partial charge on any atom is -0.345 e. The second-order valence-electron chi connectivity index (χ2n) is 6.47. The normalized spacial score (nSPS) is 16.7. The molecule has 0 aromatic heterocycles. The predicted molar refractivity (Wildman–Crippen MR) is 104 cm³/mol. The number of benzene rings is 2. The van der Waals surface area contributed by atoms with Gasteiger partial charge in [0.05, 0.1) is 10.9 Å². The average Bonchev–Trinajstić information content (AvgIpc) is 2.64. The number of amides is 1. The van der Waals surface area contributed by atoms with E-state index in [0.717, 1.165) is 16.2 Å². The molecule has 1 amide bonds. The van der Waals surface area contributed by atoms with Gasteiger partial charge in [-0.3, -0.25) is 4.79 Å². The fraction of sp³-hybridized carbons (Fsp3) is 0.316. The number of hydrogen-bond donors (Lipinski definition) is 2. The van der Waals surface area contributed by atoms with E-state index in [1.165, 1.54) is 25.2 Å². The van der Waals surface area contributed by atoms with Gasteiger partial charge in [0.15, 0.2) is 0 Å². The lowest BCUT2D eigenvalue weighted by Crippen LogP contribution is -2.31. The third-order valence-electron chi connectivity index (χ3n) is 4.76. The predicted octanol–water partition coefficient (Wildman–Crippen LogP) is 3.32. The molecule has 0 fully saturated rings. The molecule has 2 aromatic rings. The molecule has 1 aliphatic rings. The summed E-state index contributed by atoms with van der Waals surface area (Å²) in [5.74, 6) is 0.0949. The van der Waals surface area contributed by atoms with E-state index in [1.54, 1.807) is 37.7 Å². The van der Waals surface area contributed by atoms with E-state index in [0.29, 0.717) is 17.5 Å². The van der Waals surface area contributed by atoms with Gasteiger partial charge in [-0.15, -0.1) is 11.8 Å². The lowest BCUT2D eigenvalue weighted by molar-refractivity contribution is 0.0934. The number of thioether (sulfide) groups is 1. The van der Waals surface area contributed by atoms with Crippen molar-refractivity contribution in [3.8, 4) is 0 Å². The fourth-order valence-corrected chi connectivity index (χ4v) is 5.28. The highest BCUT2D eigenvalue weighted by molar-refractivity contribution is 7.99. The van der Waals surface area contributed by atoms with Crippen molar-refractivity contribution in [2.75, 3.05) is 12.8 Å². The SMILES string of the molecule is CNS(=O)(=O)c1cc(C(=O)NC2CCSc3ccc(F)cc32)cc(C)c1C. The second kappa shape index (κ2) is 7.61. The molecule has 3 rings (SSSR count). The lowest BCUT2D eigenvalue weighted by Gasteiger charge is -2.26. The summed E-state index contributed by atoms with van der Waals surface area (Å²) in [6.45, 7) is 3.47. The molecule has 0 spiro atoms. The van der Waals surface area contributed by atoms with Crippen molar-refractivity contribution in [3.05, 3.63) is 58.4 Å². The molecule has 2 aromatic carbocycles. The van der Waals surface area contributed by atoms with Gasteiger partial charge in [-0.05, 0) is 74.3 Å². The van der Waals surface area contributed by atoms with Crippen LogP contribution in [0.5, 0.6) is 0 Å². The van der Waals surface area contributed by atoms with Gasteiger partial charge < -0.3 is 5.32 Å². The maximum Gasteiger partial charge on any atom is 0.251 e. The number of hydrogen-bond acceptors (Lipinski definition) is 4. The van der Waals surface area contributed by atoms with Crippen LogP contribution in [-0.4, -0.2) is 27.1 Å². The number of aryl methyl sites for hydroxylation is 1. The molecule has 1 aliphatic heterocycles. The number of halogens is 1. The minimum absolute atomic E-state index is 0.0841. The zero-order valence-electron chi connectivity index (χ0n) is 15.3. The molecule has 0 saturated heterocycles. The van der Waals surface area contributed by atoms with Crippen molar-refractivity contribution >= 4 is 27.7 Å². The van der Waals surface area contributed by atoms with Crippen LogP contribution in [0.25, 0.3) is 0 Å². The van der Waals surface area contributed by atoms with Crippen molar-refractivity contribution in [2.45, 2.75) is 36.1 Å². The maximum atomic E-state index is 13.7. The van der Waals surface area contributed by atoms with E-state index in [9.17, 15) is 17.6 Å². The maximum absolute atomic E-state index is 13.7. The number of nitrogens with one attached hydrogen (secondary N) is 2. The number of fused-ring (bicyclic) bond motifs is 1. The van der Waals surface area contributed by atoms with Crippen molar-refractivity contribution in [1.29, 1.82) is 0 Å². The minimum atomic E-state index is -3.68. The average molecular weight is 409 g/mol. The van der Waals surface area contributed by atoms with E-state index in [1.807, 2.05) is 0 Å². The Morgan fingerprint density at radius 1 is 1.22 bits per heavy atom. The van der Waals surface area contributed by atoms with Crippen LogP contribution < -0.4 is 10.0 Å². The molecule has 144 valence electrons. The summed E-state index contributed by atoms with van der Waals surface area (Å²) in [4.78, 5) is 13.8. The molecule has 0 radical (unpaired) electrons. The van der Waals surface area contributed by atoms with Crippen molar-refractivity contribution in [2.24, 2.45) is 0 Å². The summed E-state index contributed by atoms with van der Waals surface area (Å²) < 4.78 is 40.4. The summed E-state index contributed by atoms with van der Waals surface area (Å²) in [7, 11) is -2.34. The van der Waals surface area contributed by atoms with E-state index in [2.05, 4.69) is 10.0 Å². The Morgan fingerprint density at radius 3 is 2.67 bits per heavy atom. The molecule has 0 bridgehead atoms. The van der Waals surface area contributed by atoms with Crippen LogP contribution in [0.15, 0.2) is 40.1 Å². The topological polar surface area (TPSA) is 75.3 Å². The first-order chi connectivity index (χ1) is 12.7. The van der Waals surface area contributed by atoms with E-state index in [-0.39, 0.29) is 28.2 Å². The van der Waals surface area contributed by atoms with Gasteiger partial charge in [-0.1, -0.05) is 0 Å². The van der Waals surface area contributed by atoms with E-state index < -0.39 is 10.0 Å². The molecule has 0 saturated carbocycles. The second-order valence-corrected chi connectivity index (χ2v) is 9.46. The molecule has 2 N–H and O–H groups in total. The molecule has 8 heteroatoms. The Labute approximate surface area is 162 Å². The smallest absolute Gasteiger partial charge is 0.251 e. The number of rotatable bonds is 4. The quantitative estimate of drug-likeness (QED) is 0.814. The molecule has 0 aliphatic carbocycles. The highest BCUT2D eigenvalue weighted by Crippen LogP contribution is 2.36. The fourth-order valence-electron chi connectivity index (χ4n) is 3.10. The Kier molecular flexibility index (Phi) is 5.60. The first-order valence-electron chi connectivity index (χ1n) is 8.51. The first-order valence-corrected chi connectivity index (χ1v) is 11.0. The van der Waals surface area contributed by atoms with E-state index >= 15 is 0 Å². The zero-order chi connectivity index (χ0) is 19.8. The molecular formula is C19H21FN2O3S2. The van der Waals surface area contributed by atoms with Gasteiger partial charge in [0.2, 0.25) is 10.0 Å². The van der Waals surface area contributed by atoms with Crippen LogP contribution in [-0.2, 0) is 10.0 Å². The third kappa shape index (κ3) is 4.02. The monoisotopic (exact) mass is 408 g/mol. The Bertz CT molecular complexity index is 1010. The molecule has 1 atom stereocenters. The molecule has 1 heterocycles. The lowest BCUT2D eigenvalue weighted by atomic mass is 10.0. The van der Waals surface area contributed by atoms with Gasteiger partial charge >= 0.3 is 0 Å². The molecule has 1 unspecified atom stereocenters. The van der Waals surface area contributed by atoms with Gasteiger partial charge in [0.1, 0.15) is 5.82 Å². The van der Waals surface area contributed by atoms with Crippen LogP contribution in [0.3, 0.4) is 0 Å². The molecule has 5 nitrogen and oxygen atoms in total. The van der Waals surface area contributed by atoms with Crippen LogP contribution in [0.4, 0.5) is 4.39 Å². The van der Waals surface area contributed by atoms with Crippen molar-refractivity contribution in [3.63, 3.8) is 0 Å². The number of carbonyl (C=O) groups is 1. The number of sulfonamides is 1. The Balaban J connectivity index is 1.94. The third-order valence-corrected chi connectivity index (χ3v) is 7.42. The van der Waals surface area contributed by atoms with Crippen LogP contribution >= 0.6 is 11.8 Å². The molecule has 27 heavy (non-hydrogen) atoms. The van der Waals surface area contributed by atoms with E-state index in [4.69, 9.17) is 0 Å². The van der Waals surface area contributed by atoms with Crippen LogP contribution in [0, 0.1) is 19.7 Å². The largest absolute Gasteiger partial charge is 0.345 e. The Morgan fingerprint density at radius 2 is 1.96 bits per heavy atom. The van der Waals surface area contributed by atoms with Gasteiger partial charge in [-0.25, -0.2) is 17.5 Å². The number of carbonyl (C=O) groups excluding carboxylic acids is 1. The van der Waals surface area contributed by atoms with Crippen LogP contribution in [0.2, 0.25) is 0 Å². The summed E-state index contributed by atoms with van der Waals surface area (Å²) in [6, 6.07) is 7.33. The standard InChI is InChI=1S/C19H21FN2O3S2/c1-11-8-13(9-18(12(11)2)27(24,25)21-3)19(23)22-16-6-7-26-17-5-4-14(20)10-15(16)17/h4-5,8-10,16,21H,6-7H2,1-3H3,(H,22,23). The highest BCUT2D eigenvalue weighted by atomic mass is 32.2. The van der Waals surface area contributed by atoms with Crippen molar-refractivity contribution < 1.29 is 17.6 Å². The van der Waals surface area contributed by atoms with Gasteiger partial charge in [0, 0.05) is 16.2 Å². The molecular weight excluding hydrogens is 387 g/mol. The summed E-state index contributed by atoms with van der Waals surface area (Å²) in [5, 5.41) is 2.93. The summed E-state index contributed by atoms with van der Waals surface area (Å²) in [5.41, 5.74) is 2.33. The van der Waals surface area contributed by atoms with Gasteiger partial charge in [-0.2, -0.15) is 0 Å². The zero-order valence-corrected chi connectivity index (χ0v) is 16.9. The summed E-state index contributed by atoms with van der Waals surface area (Å²) in [6.07, 6.45) is 0.680.